The van der Waals surface area contributed by atoms with Crippen molar-refractivity contribution in [3.05, 3.63) is 65.3 Å². The Morgan fingerprint density at radius 1 is 1.30 bits per heavy atom. The average molecular weight is 306 g/mol. The molecule has 1 aliphatic rings. The van der Waals surface area contributed by atoms with Crippen LogP contribution in [0, 0.1) is 13.8 Å². The molecular weight excluding hydrogens is 288 g/mol. The van der Waals surface area contributed by atoms with Gasteiger partial charge in [0.1, 0.15) is 0 Å². The van der Waals surface area contributed by atoms with Gasteiger partial charge in [-0.05, 0) is 38.0 Å². The lowest BCUT2D eigenvalue weighted by Crippen LogP contribution is -2.04. The molecule has 2 aromatic heterocycles. The quantitative estimate of drug-likeness (QED) is 0.690. The molecule has 2 heterocycles. The monoisotopic (exact) mass is 306 g/mol. The number of aryl methyl sites for hydroxylation is 2. The molecule has 5 nitrogen and oxygen atoms in total. The zero-order valence-corrected chi connectivity index (χ0v) is 13.3. The van der Waals surface area contributed by atoms with Crippen LogP contribution < -0.4 is 0 Å². The van der Waals surface area contributed by atoms with Crippen LogP contribution in [-0.2, 0) is 6.54 Å². The molecule has 0 N–H and O–H groups in total. The number of hydrogen-bond acceptors (Lipinski definition) is 4. The van der Waals surface area contributed by atoms with Gasteiger partial charge in [0, 0.05) is 11.3 Å². The fraction of sp³-hybridized carbons (Fsp3) is 0.278. The van der Waals surface area contributed by atoms with E-state index in [1.807, 2.05) is 23.7 Å². The highest BCUT2D eigenvalue weighted by Crippen LogP contribution is 2.44. The molecule has 23 heavy (non-hydrogen) atoms. The van der Waals surface area contributed by atoms with E-state index in [1.165, 1.54) is 5.57 Å². The molecule has 5 heteroatoms. The average Bonchev–Trinajstić information content (AvgIpc) is 2.95. The van der Waals surface area contributed by atoms with E-state index >= 15 is 0 Å². The molecule has 0 saturated heterocycles. The Morgan fingerprint density at radius 2 is 2.13 bits per heavy atom. The topological polar surface area (TPSA) is 56.7 Å². The van der Waals surface area contributed by atoms with E-state index in [0.29, 0.717) is 11.7 Å². The van der Waals surface area contributed by atoms with Gasteiger partial charge >= 0.3 is 0 Å². The molecular formula is C18H18N4O. The Morgan fingerprint density at radius 3 is 2.83 bits per heavy atom. The maximum absolute atomic E-state index is 5.35. The van der Waals surface area contributed by atoms with Crippen LogP contribution in [0.3, 0.4) is 0 Å². The van der Waals surface area contributed by atoms with Crippen LogP contribution in [-0.4, -0.2) is 19.9 Å². The van der Waals surface area contributed by atoms with E-state index in [2.05, 4.69) is 46.9 Å². The minimum atomic E-state index is 0.258. The largest absolute Gasteiger partial charge is 0.338 e. The Kier molecular flexibility index (Phi) is 3.15. The molecule has 4 rings (SSSR count). The van der Waals surface area contributed by atoms with Gasteiger partial charge in [0.25, 0.3) is 0 Å². The van der Waals surface area contributed by atoms with Gasteiger partial charge < -0.3 is 4.52 Å². The van der Waals surface area contributed by atoms with Crippen molar-refractivity contribution >= 4 is 0 Å². The van der Waals surface area contributed by atoms with Gasteiger partial charge in [0.2, 0.25) is 11.7 Å². The maximum Gasteiger partial charge on any atom is 0.234 e. The lowest BCUT2D eigenvalue weighted by Gasteiger charge is -2.05. The Labute approximate surface area is 134 Å². The summed E-state index contributed by atoms with van der Waals surface area (Å²) < 4.78 is 7.36. The van der Waals surface area contributed by atoms with Crippen LogP contribution in [0.1, 0.15) is 35.2 Å². The third-order valence-corrected chi connectivity index (χ3v) is 4.16. The van der Waals surface area contributed by atoms with Gasteiger partial charge in [0.05, 0.1) is 18.2 Å². The zero-order chi connectivity index (χ0) is 16.0. The van der Waals surface area contributed by atoms with Gasteiger partial charge in [-0.15, -0.1) is 0 Å². The second kappa shape index (κ2) is 5.19. The van der Waals surface area contributed by atoms with Crippen molar-refractivity contribution in [1.82, 2.24) is 19.9 Å². The molecule has 0 spiro atoms. The summed E-state index contributed by atoms with van der Waals surface area (Å²) in [5.74, 6) is 1.57. The summed E-state index contributed by atoms with van der Waals surface area (Å²) in [6, 6.07) is 10.3. The molecule has 0 bridgehead atoms. The van der Waals surface area contributed by atoms with Crippen LogP contribution in [0.4, 0.5) is 0 Å². The highest BCUT2D eigenvalue weighted by molar-refractivity contribution is 5.55. The summed E-state index contributed by atoms with van der Waals surface area (Å²) in [4.78, 5) is 4.50. The predicted octanol–water partition coefficient (Wildman–Crippen LogP) is 3.64. The van der Waals surface area contributed by atoms with E-state index in [9.17, 15) is 0 Å². The highest BCUT2D eigenvalue weighted by atomic mass is 16.5. The number of aromatic nitrogens is 4. The molecule has 3 aromatic rings. The standard InChI is InChI=1S/C18H18N4O/c1-11-7-16(11)18-19-17(21-23-18)15-6-4-5-14(9-15)10-22-13(3)8-12(2)20-22/h4-6,8-9,16H,1,7,10H2,2-3H3. The van der Waals surface area contributed by atoms with E-state index in [0.717, 1.165) is 35.5 Å². The minimum absolute atomic E-state index is 0.258. The van der Waals surface area contributed by atoms with Crippen molar-refractivity contribution in [2.45, 2.75) is 32.7 Å². The van der Waals surface area contributed by atoms with Crippen LogP contribution in [0.2, 0.25) is 0 Å². The Bertz CT molecular complexity index is 890. The molecule has 1 saturated carbocycles. The zero-order valence-electron chi connectivity index (χ0n) is 13.3. The lowest BCUT2D eigenvalue weighted by atomic mass is 10.1. The molecule has 1 atom stereocenters. The summed E-state index contributed by atoms with van der Waals surface area (Å²) in [7, 11) is 0. The van der Waals surface area contributed by atoms with E-state index in [4.69, 9.17) is 4.52 Å². The molecule has 1 fully saturated rings. The van der Waals surface area contributed by atoms with Gasteiger partial charge in [-0.1, -0.05) is 35.5 Å². The summed E-state index contributed by atoms with van der Waals surface area (Å²) in [6.45, 7) is 8.75. The molecule has 0 radical (unpaired) electrons. The third kappa shape index (κ3) is 2.70. The van der Waals surface area contributed by atoms with Crippen molar-refractivity contribution in [3.63, 3.8) is 0 Å². The van der Waals surface area contributed by atoms with E-state index in [-0.39, 0.29) is 5.92 Å². The fourth-order valence-electron chi connectivity index (χ4n) is 2.78. The summed E-state index contributed by atoms with van der Waals surface area (Å²) in [5, 5.41) is 8.61. The molecule has 0 amide bonds. The van der Waals surface area contributed by atoms with Crippen molar-refractivity contribution in [1.29, 1.82) is 0 Å². The van der Waals surface area contributed by atoms with Gasteiger partial charge in [-0.2, -0.15) is 10.1 Å². The Balaban J connectivity index is 1.59. The minimum Gasteiger partial charge on any atom is -0.338 e. The highest BCUT2D eigenvalue weighted by Gasteiger charge is 2.34. The normalized spacial score (nSPS) is 16.8. The van der Waals surface area contributed by atoms with Crippen molar-refractivity contribution in [2.24, 2.45) is 0 Å². The number of rotatable bonds is 4. The van der Waals surface area contributed by atoms with Gasteiger partial charge in [0.15, 0.2) is 0 Å². The second-order valence-corrected chi connectivity index (χ2v) is 6.16. The Hall–Kier alpha value is -2.69. The lowest BCUT2D eigenvalue weighted by molar-refractivity contribution is 0.382. The van der Waals surface area contributed by atoms with Crippen molar-refractivity contribution < 1.29 is 4.52 Å². The van der Waals surface area contributed by atoms with E-state index < -0.39 is 0 Å². The number of benzene rings is 1. The molecule has 0 aliphatic heterocycles. The third-order valence-electron chi connectivity index (χ3n) is 4.16. The fourth-order valence-corrected chi connectivity index (χ4v) is 2.78. The van der Waals surface area contributed by atoms with Crippen LogP contribution in [0.25, 0.3) is 11.4 Å². The van der Waals surface area contributed by atoms with Crippen LogP contribution in [0.15, 0.2) is 47.0 Å². The van der Waals surface area contributed by atoms with E-state index in [1.54, 1.807) is 0 Å². The second-order valence-electron chi connectivity index (χ2n) is 6.16. The SMILES string of the molecule is C=C1CC1c1nc(-c2cccc(Cn3nc(C)cc3C)c2)no1. The number of allylic oxidation sites excluding steroid dienone is 1. The number of nitrogens with zero attached hydrogens (tertiary/aromatic N) is 4. The first kappa shape index (κ1) is 13.9. The summed E-state index contributed by atoms with van der Waals surface area (Å²) in [5.41, 5.74) is 5.48. The van der Waals surface area contributed by atoms with Crippen LogP contribution >= 0.6 is 0 Å². The van der Waals surface area contributed by atoms with Gasteiger partial charge in [-0.3, -0.25) is 4.68 Å². The molecule has 1 aliphatic carbocycles. The number of hydrogen-bond donors (Lipinski definition) is 0. The maximum atomic E-state index is 5.35. The smallest absolute Gasteiger partial charge is 0.234 e. The summed E-state index contributed by atoms with van der Waals surface area (Å²) >= 11 is 0. The van der Waals surface area contributed by atoms with Crippen molar-refractivity contribution in [3.8, 4) is 11.4 Å². The van der Waals surface area contributed by atoms with Crippen molar-refractivity contribution in [2.75, 3.05) is 0 Å². The summed E-state index contributed by atoms with van der Waals surface area (Å²) in [6.07, 6.45) is 0.958. The predicted molar refractivity (Wildman–Crippen MR) is 87.0 cm³/mol. The first-order valence-corrected chi connectivity index (χ1v) is 7.72. The molecule has 1 aromatic carbocycles. The molecule has 116 valence electrons. The molecule has 1 unspecified atom stereocenters. The van der Waals surface area contributed by atoms with Gasteiger partial charge in [-0.25, -0.2) is 0 Å². The van der Waals surface area contributed by atoms with Crippen LogP contribution in [0.5, 0.6) is 0 Å². The first-order chi connectivity index (χ1) is 11.1. The first-order valence-electron chi connectivity index (χ1n) is 7.72.